The van der Waals surface area contributed by atoms with Crippen molar-refractivity contribution in [3.63, 3.8) is 0 Å². The third kappa shape index (κ3) is 38.5. The fourth-order valence-electron chi connectivity index (χ4n) is 6.05. The number of allylic oxidation sites excluding steroid dienone is 2. The topological polar surface area (TPSA) is 117 Å². The fourth-order valence-corrected chi connectivity index (χ4v) is 6.82. The first kappa shape index (κ1) is 49.2. The molecule has 0 aromatic carbocycles. The van der Waals surface area contributed by atoms with Crippen molar-refractivity contribution in [1.29, 1.82) is 0 Å². The molecule has 0 aliphatic heterocycles. The van der Waals surface area contributed by atoms with Crippen molar-refractivity contribution in [3.8, 4) is 0 Å². The standard InChI is InChI=1S/C41H82NO7P/c1-3-5-7-9-11-13-15-17-19-20-21-23-25-27-29-31-33-36-46-38-40(39-48-50(44,45)47-37-35-42)49-41(43)34-32-30-28-26-24-22-18-16-14-12-10-8-6-4-2/h16,18,40H,3-15,17,19-39,42H2,1-2H3,(H,44,45)/b18-16-. The third-order valence-corrected chi connectivity index (χ3v) is 10.2. The molecule has 0 spiro atoms. The Morgan fingerprint density at radius 1 is 0.580 bits per heavy atom. The van der Waals surface area contributed by atoms with Crippen LogP contribution in [0.25, 0.3) is 0 Å². The van der Waals surface area contributed by atoms with E-state index in [4.69, 9.17) is 24.3 Å². The minimum atomic E-state index is -4.27. The summed E-state index contributed by atoms with van der Waals surface area (Å²) in [6.07, 6.45) is 40.8. The highest BCUT2D eigenvalue weighted by molar-refractivity contribution is 7.47. The Morgan fingerprint density at radius 3 is 1.46 bits per heavy atom. The smallest absolute Gasteiger partial charge is 0.457 e. The molecule has 0 aliphatic rings. The maximum absolute atomic E-state index is 12.5. The van der Waals surface area contributed by atoms with Crippen LogP contribution in [0.15, 0.2) is 12.2 Å². The maximum atomic E-state index is 12.5. The summed E-state index contributed by atoms with van der Waals surface area (Å²) >= 11 is 0. The molecule has 298 valence electrons. The minimum Gasteiger partial charge on any atom is -0.457 e. The molecule has 0 aromatic heterocycles. The van der Waals surface area contributed by atoms with E-state index in [1.165, 1.54) is 141 Å². The number of phosphoric ester groups is 1. The molecular formula is C41H82NO7P. The number of esters is 1. The number of carbonyl (C=O) groups excluding carboxylic acids is 1. The van der Waals surface area contributed by atoms with E-state index in [0.717, 1.165) is 44.9 Å². The van der Waals surface area contributed by atoms with Crippen LogP contribution in [0.5, 0.6) is 0 Å². The summed E-state index contributed by atoms with van der Waals surface area (Å²) in [6.45, 7) is 4.94. The van der Waals surface area contributed by atoms with Crippen LogP contribution in [-0.2, 0) is 27.9 Å². The van der Waals surface area contributed by atoms with Crippen LogP contribution in [0.1, 0.15) is 206 Å². The molecule has 0 amide bonds. The van der Waals surface area contributed by atoms with Crippen molar-refractivity contribution in [1.82, 2.24) is 0 Å². The van der Waals surface area contributed by atoms with Crippen LogP contribution >= 0.6 is 7.82 Å². The van der Waals surface area contributed by atoms with Crippen LogP contribution in [0, 0.1) is 0 Å². The van der Waals surface area contributed by atoms with E-state index >= 15 is 0 Å². The van der Waals surface area contributed by atoms with Gasteiger partial charge in [0.05, 0.1) is 19.8 Å². The Labute approximate surface area is 309 Å². The van der Waals surface area contributed by atoms with Crippen molar-refractivity contribution >= 4 is 13.8 Å². The minimum absolute atomic E-state index is 0.0938. The molecule has 0 heterocycles. The predicted octanol–water partition coefficient (Wildman–Crippen LogP) is 12.3. The Bertz CT molecular complexity index is 782. The second-order valence-electron chi connectivity index (χ2n) is 14.2. The van der Waals surface area contributed by atoms with Gasteiger partial charge in [-0.25, -0.2) is 4.57 Å². The van der Waals surface area contributed by atoms with Crippen molar-refractivity contribution in [2.45, 2.75) is 213 Å². The molecule has 3 N–H and O–H groups in total. The zero-order chi connectivity index (χ0) is 36.6. The Kier molecular flexibility index (Phi) is 38.8. The number of hydrogen-bond acceptors (Lipinski definition) is 7. The Balaban J connectivity index is 4.01. The molecule has 8 nitrogen and oxygen atoms in total. The second kappa shape index (κ2) is 39.4. The normalized spacial score (nSPS) is 13.6. The molecule has 0 radical (unpaired) electrons. The van der Waals surface area contributed by atoms with Gasteiger partial charge in [-0.3, -0.25) is 13.8 Å². The SMILES string of the molecule is CCCCCCC/C=C\CCCCCCCC(=O)OC(COCCCCCCCCCCCCCCCCCCC)COP(=O)(O)OCCN. The van der Waals surface area contributed by atoms with Gasteiger partial charge in [-0.1, -0.05) is 174 Å². The zero-order valence-corrected chi connectivity index (χ0v) is 33.8. The number of ether oxygens (including phenoxy) is 2. The number of hydrogen-bond donors (Lipinski definition) is 2. The molecule has 0 bridgehead atoms. The summed E-state index contributed by atoms with van der Waals surface area (Å²) in [5, 5.41) is 0. The lowest BCUT2D eigenvalue weighted by atomic mass is 10.0. The molecule has 0 fully saturated rings. The molecule has 0 aliphatic carbocycles. The molecule has 9 heteroatoms. The summed E-state index contributed by atoms with van der Waals surface area (Å²) in [6, 6.07) is 0. The largest absolute Gasteiger partial charge is 0.472 e. The molecule has 0 saturated heterocycles. The van der Waals surface area contributed by atoms with Gasteiger partial charge in [0.25, 0.3) is 0 Å². The van der Waals surface area contributed by atoms with E-state index in [9.17, 15) is 14.3 Å². The van der Waals surface area contributed by atoms with Crippen LogP contribution in [0.3, 0.4) is 0 Å². The average Bonchev–Trinajstić information content (AvgIpc) is 3.10. The first-order valence-corrected chi connectivity index (χ1v) is 22.7. The highest BCUT2D eigenvalue weighted by Gasteiger charge is 2.25. The monoisotopic (exact) mass is 732 g/mol. The Morgan fingerprint density at radius 2 is 1.00 bits per heavy atom. The quantitative estimate of drug-likeness (QED) is 0.0276. The lowest BCUT2D eigenvalue weighted by molar-refractivity contribution is -0.154. The van der Waals surface area contributed by atoms with Gasteiger partial charge in [0.2, 0.25) is 0 Å². The van der Waals surface area contributed by atoms with Gasteiger partial charge in [0, 0.05) is 19.6 Å². The predicted molar refractivity (Wildman–Crippen MR) is 210 cm³/mol. The molecule has 2 atom stereocenters. The molecule has 50 heavy (non-hydrogen) atoms. The van der Waals surface area contributed by atoms with Crippen molar-refractivity contribution in [3.05, 3.63) is 12.2 Å². The van der Waals surface area contributed by atoms with Crippen molar-refractivity contribution in [2.75, 3.05) is 33.0 Å². The number of unbranched alkanes of at least 4 members (excludes halogenated alkanes) is 26. The highest BCUT2D eigenvalue weighted by Crippen LogP contribution is 2.43. The lowest BCUT2D eigenvalue weighted by Crippen LogP contribution is -2.28. The van der Waals surface area contributed by atoms with Gasteiger partial charge in [0.15, 0.2) is 0 Å². The molecule has 0 rings (SSSR count). The van der Waals surface area contributed by atoms with E-state index in [-0.39, 0.29) is 32.3 Å². The average molecular weight is 732 g/mol. The summed E-state index contributed by atoms with van der Waals surface area (Å²) in [5.74, 6) is -0.336. The zero-order valence-electron chi connectivity index (χ0n) is 32.9. The van der Waals surface area contributed by atoms with Gasteiger partial charge < -0.3 is 20.1 Å². The molecule has 0 saturated carbocycles. The van der Waals surface area contributed by atoms with E-state index in [1.807, 2.05) is 0 Å². The fraction of sp³-hybridized carbons (Fsp3) is 0.927. The van der Waals surface area contributed by atoms with Gasteiger partial charge in [0.1, 0.15) is 6.10 Å². The van der Waals surface area contributed by atoms with E-state index in [2.05, 4.69) is 26.0 Å². The van der Waals surface area contributed by atoms with Gasteiger partial charge in [-0.15, -0.1) is 0 Å². The van der Waals surface area contributed by atoms with Gasteiger partial charge in [-0.2, -0.15) is 0 Å². The number of rotatable bonds is 41. The first-order chi connectivity index (χ1) is 24.4. The van der Waals surface area contributed by atoms with E-state index in [1.54, 1.807) is 0 Å². The van der Waals surface area contributed by atoms with Crippen LogP contribution in [0.4, 0.5) is 0 Å². The summed E-state index contributed by atoms with van der Waals surface area (Å²) < 4.78 is 33.4. The van der Waals surface area contributed by atoms with Crippen molar-refractivity contribution < 1.29 is 32.8 Å². The number of phosphoric acid groups is 1. The Hall–Kier alpha value is -0.760. The van der Waals surface area contributed by atoms with Crippen molar-refractivity contribution in [2.24, 2.45) is 5.73 Å². The van der Waals surface area contributed by atoms with Gasteiger partial charge >= 0.3 is 13.8 Å². The lowest BCUT2D eigenvalue weighted by Gasteiger charge is -2.20. The highest BCUT2D eigenvalue weighted by atomic mass is 31.2. The molecule has 2 unspecified atom stereocenters. The summed E-state index contributed by atoms with van der Waals surface area (Å²) in [4.78, 5) is 22.4. The number of nitrogens with two attached hydrogens (primary N) is 1. The van der Waals surface area contributed by atoms with E-state index in [0.29, 0.717) is 13.0 Å². The number of carbonyl (C=O) groups is 1. The van der Waals surface area contributed by atoms with Crippen LogP contribution < -0.4 is 5.73 Å². The first-order valence-electron chi connectivity index (χ1n) is 21.2. The second-order valence-corrected chi connectivity index (χ2v) is 15.7. The maximum Gasteiger partial charge on any atom is 0.472 e. The summed E-state index contributed by atoms with van der Waals surface area (Å²) in [7, 11) is -4.27. The van der Waals surface area contributed by atoms with Crippen LogP contribution in [0.2, 0.25) is 0 Å². The molecule has 0 aromatic rings. The van der Waals surface area contributed by atoms with E-state index < -0.39 is 13.9 Å². The molecular weight excluding hydrogens is 649 g/mol. The van der Waals surface area contributed by atoms with Crippen LogP contribution in [-0.4, -0.2) is 49.9 Å². The van der Waals surface area contributed by atoms with Gasteiger partial charge in [-0.05, 0) is 38.5 Å². The third-order valence-electron chi connectivity index (χ3n) is 9.18. The summed E-state index contributed by atoms with van der Waals surface area (Å²) in [5.41, 5.74) is 5.36.